The van der Waals surface area contributed by atoms with Crippen LogP contribution in [0.4, 0.5) is 0 Å². The number of nitrogens with two attached hydrogens (primary N) is 1. The maximum Gasteiger partial charge on any atom is 0.133 e. The highest BCUT2D eigenvalue weighted by Gasteiger charge is 2.08. The number of aromatic nitrogens is 2. The van der Waals surface area contributed by atoms with Crippen LogP contribution in [-0.4, -0.2) is 9.97 Å². The van der Waals surface area contributed by atoms with Crippen molar-refractivity contribution >= 4 is 23.2 Å². The van der Waals surface area contributed by atoms with Gasteiger partial charge in [0.1, 0.15) is 5.82 Å². The quantitative estimate of drug-likeness (QED) is 0.931. The SMILES string of the molecule is NCc1ccnc(Cc2c(Cl)cccc2Cl)n1. The van der Waals surface area contributed by atoms with E-state index < -0.39 is 0 Å². The van der Waals surface area contributed by atoms with E-state index in [1.165, 1.54) is 0 Å². The molecule has 0 radical (unpaired) electrons. The molecule has 0 bridgehead atoms. The molecule has 0 saturated heterocycles. The topological polar surface area (TPSA) is 51.8 Å². The van der Waals surface area contributed by atoms with Crippen molar-refractivity contribution < 1.29 is 0 Å². The van der Waals surface area contributed by atoms with Gasteiger partial charge in [0.15, 0.2) is 0 Å². The van der Waals surface area contributed by atoms with Crippen LogP contribution in [0.3, 0.4) is 0 Å². The van der Waals surface area contributed by atoms with E-state index in [1.54, 1.807) is 24.4 Å². The summed E-state index contributed by atoms with van der Waals surface area (Å²) >= 11 is 12.2. The van der Waals surface area contributed by atoms with Crippen LogP contribution in [0.25, 0.3) is 0 Å². The van der Waals surface area contributed by atoms with Crippen LogP contribution in [0, 0.1) is 0 Å². The van der Waals surface area contributed by atoms with E-state index in [0.29, 0.717) is 28.8 Å². The van der Waals surface area contributed by atoms with Crippen molar-refractivity contribution in [2.24, 2.45) is 5.73 Å². The van der Waals surface area contributed by atoms with Gasteiger partial charge in [-0.1, -0.05) is 29.3 Å². The fourth-order valence-corrected chi connectivity index (χ4v) is 2.03. The van der Waals surface area contributed by atoms with Crippen LogP contribution in [0.15, 0.2) is 30.5 Å². The third-order valence-electron chi connectivity index (χ3n) is 2.37. The summed E-state index contributed by atoms with van der Waals surface area (Å²) in [5.74, 6) is 0.669. The van der Waals surface area contributed by atoms with Crippen molar-refractivity contribution in [1.29, 1.82) is 0 Å². The Bertz CT molecular complexity index is 509. The Morgan fingerprint density at radius 1 is 1.12 bits per heavy atom. The number of hydrogen-bond acceptors (Lipinski definition) is 3. The number of halogens is 2. The maximum absolute atomic E-state index is 6.09. The first kappa shape index (κ1) is 12.3. The molecule has 88 valence electrons. The minimum absolute atomic E-state index is 0.395. The van der Waals surface area contributed by atoms with Gasteiger partial charge in [-0.3, -0.25) is 0 Å². The van der Waals surface area contributed by atoms with Gasteiger partial charge in [-0.05, 0) is 23.8 Å². The second-order valence-corrected chi connectivity index (χ2v) is 4.36. The van der Waals surface area contributed by atoms with E-state index in [9.17, 15) is 0 Å². The van der Waals surface area contributed by atoms with E-state index in [4.69, 9.17) is 28.9 Å². The van der Waals surface area contributed by atoms with Gasteiger partial charge in [0.05, 0.1) is 5.69 Å². The summed E-state index contributed by atoms with van der Waals surface area (Å²) in [4.78, 5) is 8.50. The first-order valence-corrected chi connectivity index (χ1v) is 5.90. The van der Waals surface area contributed by atoms with E-state index in [2.05, 4.69) is 9.97 Å². The van der Waals surface area contributed by atoms with Gasteiger partial charge in [-0.25, -0.2) is 9.97 Å². The Morgan fingerprint density at radius 2 is 1.82 bits per heavy atom. The van der Waals surface area contributed by atoms with Crippen LogP contribution in [0.1, 0.15) is 17.1 Å². The molecule has 0 saturated carbocycles. The molecule has 2 rings (SSSR count). The first-order valence-electron chi connectivity index (χ1n) is 5.14. The van der Waals surface area contributed by atoms with E-state index >= 15 is 0 Å². The highest BCUT2D eigenvalue weighted by atomic mass is 35.5. The summed E-state index contributed by atoms with van der Waals surface area (Å²) in [5.41, 5.74) is 7.17. The van der Waals surface area contributed by atoms with Gasteiger partial charge in [-0.2, -0.15) is 0 Å². The lowest BCUT2D eigenvalue weighted by Gasteiger charge is -2.06. The van der Waals surface area contributed by atoms with Gasteiger partial charge in [-0.15, -0.1) is 0 Å². The Hall–Kier alpha value is -1.16. The molecular weight excluding hydrogens is 257 g/mol. The molecule has 1 heterocycles. The summed E-state index contributed by atoms with van der Waals surface area (Å²) < 4.78 is 0. The predicted octanol–water partition coefficient (Wildman–Crippen LogP) is 2.83. The third-order valence-corrected chi connectivity index (χ3v) is 3.08. The molecule has 2 N–H and O–H groups in total. The van der Waals surface area contributed by atoms with Crippen molar-refractivity contribution in [2.75, 3.05) is 0 Å². The molecule has 0 aliphatic heterocycles. The molecule has 1 aromatic heterocycles. The highest BCUT2D eigenvalue weighted by molar-refractivity contribution is 6.36. The number of nitrogens with zero attached hydrogens (tertiary/aromatic N) is 2. The molecule has 2 aromatic rings. The van der Waals surface area contributed by atoms with Crippen LogP contribution < -0.4 is 5.73 Å². The molecule has 3 nitrogen and oxygen atoms in total. The second-order valence-electron chi connectivity index (χ2n) is 3.55. The molecule has 1 aromatic carbocycles. The Morgan fingerprint density at radius 3 is 2.47 bits per heavy atom. The Kier molecular flexibility index (Phi) is 3.94. The monoisotopic (exact) mass is 267 g/mol. The predicted molar refractivity (Wildman–Crippen MR) is 69.2 cm³/mol. The second kappa shape index (κ2) is 5.45. The van der Waals surface area contributed by atoms with Gasteiger partial charge in [0.25, 0.3) is 0 Å². The fraction of sp³-hybridized carbons (Fsp3) is 0.167. The van der Waals surface area contributed by atoms with Crippen LogP contribution in [-0.2, 0) is 13.0 Å². The Balaban J connectivity index is 2.31. The minimum Gasteiger partial charge on any atom is -0.325 e. The Labute approximate surface area is 110 Å². The van der Waals surface area contributed by atoms with Crippen molar-refractivity contribution in [1.82, 2.24) is 9.97 Å². The summed E-state index contributed by atoms with van der Waals surface area (Å²) in [5, 5.41) is 1.25. The lowest BCUT2D eigenvalue weighted by molar-refractivity contribution is 0.891. The molecule has 17 heavy (non-hydrogen) atoms. The van der Waals surface area contributed by atoms with E-state index in [-0.39, 0.29) is 0 Å². The van der Waals surface area contributed by atoms with E-state index in [1.807, 2.05) is 6.07 Å². The van der Waals surface area contributed by atoms with Crippen molar-refractivity contribution in [2.45, 2.75) is 13.0 Å². The normalized spacial score (nSPS) is 10.5. The summed E-state index contributed by atoms with van der Waals surface area (Å²) in [6.45, 7) is 0.395. The average molecular weight is 268 g/mol. The zero-order valence-corrected chi connectivity index (χ0v) is 10.5. The lowest BCUT2D eigenvalue weighted by atomic mass is 10.1. The molecule has 0 fully saturated rings. The molecule has 0 aliphatic rings. The minimum atomic E-state index is 0.395. The molecule has 5 heteroatoms. The summed E-state index contributed by atoms with van der Waals surface area (Å²) in [7, 11) is 0. The van der Waals surface area contributed by atoms with Gasteiger partial charge in [0.2, 0.25) is 0 Å². The smallest absolute Gasteiger partial charge is 0.133 e. The number of benzene rings is 1. The molecule has 0 amide bonds. The maximum atomic E-state index is 6.09. The fourth-order valence-electron chi connectivity index (χ4n) is 1.50. The van der Waals surface area contributed by atoms with Crippen molar-refractivity contribution in [3.63, 3.8) is 0 Å². The molecule has 0 spiro atoms. The molecule has 0 unspecified atom stereocenters. The van der Waals surface area contributed by atoms with E-state index in [0.717, 1.165) is 11.3 Å². The molecule has 0 atom stereocenters. The third kappa shape index (κ3) is 2.94. The van der Waals surface area contributed by atoms with Gasteiger partial charge >= 0.3 is 0 Å². The van der Waals surface area contributed by atoms with Crippen molar-refractivity contribution in [3.8, 4) is 0 Å². The lowest BCUT2D eigenvalue weighted by Crippen LogP contribution is -2.04. The summed E-state index contributed by atoms with van der Waals surface area (Å²) in [6, 6.07) is 7.20. The molecule has 0 aliphatic carbocycles. The van der Waals surface area contributed by atoms with Crippen LogP contribution in [0.5, 0.6) is 0 Å². The average Bonchev–Trinajstić information content (AvgIpc) is 2.34. The highest BCUT2D eigenvalue weighted by Crippen LogP contribution is 2.25. The zero-order valence-electron chi connectivity index (χ0n) is 9.03. The summed E-state index contributed by atoms with van der Waals surface area (Å²) in [6.07, 6.45) is 2.20. The van der Waals surface area contributed by atoms with Gasteiger partial charge in [0, 0.05) is 29.2 Å². The van der Waals surface area contributed by atoms with Crippen molar-refractivity contribution in [3.05, 3.63) is 57.6 Å². The van der Waals surface area contributed by atoms with Crippen LogP contribution in [0.2, 0.25) is 10.0 Å². The number of hydrogen-bond donors (Lipinski definition) is 1. The van der Waals surface area contributed by atoms with Gasteiger partial charge < -0.3 is 5.73 Å². The largest absolute Gasteiger partial charge is 0.325 e. The molecular formula is C12H11Cl2N3. The standard InChI is InChI=1S/C12H11Cl2N3/c13-10-2-1-3-11(14)9(10)6-12-16-5-4-8(7-15)17-12/h1-5H,6-7,15H2. The zero-order chi connectivity index (χ0) is 12.3. The van der Waals surface area contributed by atoms with Crippen LogP contribution >= 0.6 is 23.2 Å². The number of rotatable bonds is 3. The first-order chi connectivity index (χ1) is 8.20.